The summed E-state index contributed by atoms with van der Waals surface area (Å²) in [4.78, 5) is 30.1. The zero-order valence-electron chi connectivity index (χ0n) is 37.0. The van der Waals surface area contributed by atoms with Gasteiger partial charge in [-0.25, -0.2) is 0 Å². The maximum Gasteiger partial charge on any atom is 0.318 e. The Morgan fingerprint density at radius 2 is 1.75 bits per heavy atom. The number of rotatable bonds is 18. The van der Waals surface area contributed by atoms with Gasteiger partial charge in [0.1, 0.15) is 24.8 Å². The molecule has 9 rings (SSSR count). The van der Waals surface area contributed by atoms with E-state index < -0.39 is 0 Å². The Labute approximate surface area is 426 Å². The van der Waals surface area contributed by atoms with Gasteiger partial charge in [-0.1, -0.05) is 35.9 Å². The highest BCUT2D eigenvalue weighted by atomic mass is 127. The lowest BCUT2D eigenvalue weighted by Gasteiger charge is -2.37. The highest BCUT2D eigenvalue weighted by Gasteiger charge is 2.31. The van der Waals surface area contributed by atoms with Crippen molar-refractivity contribution in [1.82, 2.24) is 20.2 Å². The lowest BCUT2D eigenvalue weighted by atomic mass is 10.0. The number of fused-ring (bicyclic) bond motifs is 3. The number of benzene rings is 4. The maximum atomic E-state index is 12.7. The van der Waals surface area contributed by atoms with Crippen LogP contribution in [-0.4, -0.2) is 112 Å². The van der Waals surface area contributed by atoms with E-state index in [1.54, 1.807) is 0 Å². The SMILES string of the molecule is N#CCC1CN(c2nc(OCC3CCCN3CCCOCCOCCOc3c(Br)cc(C=C4C(=O)Nc5ccc(I)cc54)cc3Br)nc3c2CCN(c2cccc4cccc(Cl)c24)C3)CCN1. The van der Waals surface area contributed by atoms with Gasteiger partial charge in [-0.3, -0.25) is 9.69 Å². The minimum atomic E-state index is -0.114. The summed E-state index contributed by atoms with van der Waals surface area (Å²) in [6, 6.07) is 25.3. The number of piperazine rings is 1. The third-order valence-corrected chi connectivity index (χ3v) is 14.8. The second kappa shape index (κ2) is 22.6. The Balaban J connectivity index is 0.731. The van der Waals surface area contributed by atoms with Crippen LogP contribution in [0.5, 0.6) is 11.8 Å². The molecule has 0 aliphatic carbocycles. The molecular weight excluding hydrogens is 1110 g/mol. The van der Waals surface area contributed by atoms with Crippen LogP contribution in [0.4, 0.5) is 17.2 Å². The van der Waals surface area contributed by atoms with Crippen LogP contribution < -0.4 is 29.9 Å². The molecule has 2 atom stereocenters. The van der Waals surface area contributed by atoms with Gasteiger partial charge in [0.05, 0.1) is 58.5 Å². The van der Waals surface area contributed by atoms with Crippen LogP contribution in [0.15, 0.2) is 75.7 Å². The molecule has 5 heterocycles. The Hall–Kier alpha value is -4.06. The molecule has 4 aliphatic heterocycles. The van der Waals surface area contributed by atoms with Gasteiger partial charge in [0.2, 0.25) is 0 Å². The molecule has 67 heavy (non-hydrogen) atoms. The first-order valence-electron chi connectivity index (χ1n) is 22.9. The van der Waals surface area contributed by atoms with E-state index in [9.17, 15) is 10.1 Å². The second-order valence-electron chi connectivity index (χ2n) is 17.1. The number of anilines is 3. The summed E-state index contributed by atoms with van der Waals surface area (Å²) in [5.41, 5.74) is 6.46. The van der Waals surface area contributed by atoms with Crippen molar-refractivity contribution >= 4 is 112 Å². The number of amides is 1. The van der Waals surface area contributed by atoms with E-state index in [0.29, 0.717) is 76.5 Å². The van der Waals surface area contributed by atoms with Crippen LogP contribution >= 0.6 is 66.1 Å². The Morgan fingerprint density at radius 1 is 0.940 bits per heavy atom. The summed E-state index contributed by atoms with van der Waals surface area (Å²) >= 11 is 16.3. The smallest absolute Gasteiger partial charge is 0.318 e. The van der Waals surface area contributed by atoms with Crippen LogP contribution in [0.3, 0.4) is 0 Å². The Bertz CT molecular complexity index is 2660. The fourth-order valence-electron chi connectivity index (χ4n) is 9.44. The number of aromatic nitrogens is 2. The predicted octanol–water partition coefficient (Wildman–Crippen LogP) is 9.51. The molecule has 0 saturated carbocycles. The number of nitrogens with zero attached hydrogens (tertiary/aromatic N) is 6. The molecule has 13 nitrogen and oxygen atoms in total. The molecule has 17 heteroatoms. The number of carbonyl (C=O) groups excluding carboxylic acids is 1. The molecule has 2 N–H and O–H groups in total. The number of halogens is 4. The van der Waals surface area contributed by atoms with Gasteiger partial charge in [-0.2, -0.15) is 15.2 Å². The van der Waals surface area contributed by atoms with E-state index in [-0.39, 0.29) is 18.0 Å². The normalized spacial score (nSPS) is 18.9. The topological polar surface area (TPSA) is 137 Å². The summed E-state index contributed by atoms with van der Waals surface area (Å²) < 4.78 is 27.0. The van der Waals surface area contributed by atoms with E-state index in [2.05, 4.69) is 110 Å². The van der Waals surface area contributed by atoms with Crippen LogP contribution in [0.2, 0.25) is 5.02 Å². The summed E-state index contributed by atoms with van der Waals surface area (Å²) in [6.07, 6.45) is 6.21. The summed E-state index contributed by atoms with van der Waals surface area (Å²) in [7, 11) is 0. The average Bonchev–Trinajstić information content (AvgIpc) is 3.91. The number of hydrogen-bond acceptors (Lipinski definition) is 12. The first-order chi connectivity index (χ1) is 32.7. The highest BCUT2D eigenvalue weighted by molar-refractivity contribution is 14.1. The second-order valence-corrected chi connectivity index (χ2v) is 20.4. The Kier molecular flexibility index (Phi) is 16.2. The monoisotopic (exact) mass is 1160 g/mol. The maximum absolute atomic E-state index is 12.7. The van der Waals surface area contributed by atoms with E-state index >= 15 is 0 Å². The third kappa shape index (κ3) is 11.5. The molecule has 0 bridgehead atoms. The first kappa shape index (κ1) is 48.0. The fourth-order valence-corrected chi connectivity index (χ4v) is 11.7. The van der Waals surface area contributed by atoms with Crippen LogP contribution in [0.25, 0.3) is 22.4 Å². The molecule has 1 aromatic heterocycles. The quantitative estimate of drug-likeness (QED) is 0.0491. The predicted molar refractivity (Wildman–Crippen MR) is 279 cm³/mol. The van der Waals surface area contributed by atoms with Gasteiger partial charge >= 0.3 is 6.01 Å². The van der Waals surface area contributed by atoms with Crippen molar-refractivity contribution in [3.63, 3.8) is 0 Å². The average molecular weight is 1170 g/mol. The lowest BCUT2D eigenvalue weighted by molar-refractivity contribution is -0.110. The fraction of sp³-hybridized carbons (Fsp3) is 0.400. The molecule has 2 fully saturated rings. The summed E-state index contributed by atoms with van der Waals surface area (Å²) in [6.45, 7) is 8.62. The summed E-state index contributed by atoms with van der Waals surface area (Å²) in [5.74, 6) is 1.49. The van der Waals surface area contributed by atoms with Gasteiger partial charge in [0.15, 0.2) is 0 Å². The van der Waals surface area contributed by atoms with Crippen molar-refractivity contribution in [1.29, 1.82) is 5.26 Å². The van der Waals surface area contributed by atoms with Gasteiger partial charge < -0.3 is 39.4 Å². The van der Waals surface area contributed by atoms with Gasteiger partial charge in [-0.05, 0) is 146 Å². The van der Waals surface area contributed by atoms with E-state index in [1.807, 2.05) is 48.5 Å². The molecule has 4 aromatic carbocycles. The van der Waals surface area contributed by atoms with Crippen LogP contribution in [-0.2, 0) is 27.2 Å². The van der Waals surface area contributed by atoms with Crippen molar-refractivity contribution in [2.24, 2.45) is 0 Å². The standard InChI is InChI=1S/C50H52Br2ClIN8O5/c51-40-26-32(25-39-38-28-34(54)10-11-43(38)57-49(39)63)27-41(52)47(40)66-24-23-65-22-21-64-20-4-17-60-16-3-7-36(60)31-67-50-58-44-30-61(45-9-2-6-33-5-1-8-42(53)46(33)45)18-13-37(44)48(59-50)62-19-15-56-35(29-62)12-14-55/h1-2,5-6,8-11,25-28,35-36,56H,3-4,7,12-13,15-24,29-31H2,(H,57,63). The number of likely N-dealkylation sites (tertiary alicyclic amines) is 1. The molecular formula is C50H52Br2ClIN8O5. The number of nitrogens with one attached hydrogen (secondary N) is 2. The largest absolute Gasteiger partial charge is 0.489 e. The van der Waals surface area contributed by atoms with Crippen LogP contribution in [0, 0.1) is 14.9 Å². The highest BCUT2D eigenvalue weighted by Crippen LogP contribution is 2.40. The Morgan fingerprint density at radius 3 is 2.58 bits per heavy atom. The molecule has 4 aliphatic rings. The minimum Gasteiger partial charge on any atom is -0.489 e. The van der Waals surface area contributed by atoms with Crippen molar-refractivity contribution in [3.8, 4) is 17.8 Å². The molecule has 2 saturated heterocycles. The number of ether oxygens (including phenoxy) is 4. The summed E-state index contributed by atoms with van der Waals surface area (Å²) in [5, 5.41) is 18.8. The van der Waals surface area contributed by atoms with E-state index in [4.69, 9.17) is 40.5 Å². The van der Waals surface area contributed by atoms with Gasteiger partial charge in [0.25, 0.3) is 5.91 Å². The number of hydrogen-bond donors (Lipinski definition) is 2. The van der Waals surface area contributed by atoms with Gasteiger partial charge in [-0.15, -0.1) is 0 Å². The van der Waals surface area contributed by atoms with Crippen molar-refractivity contribution in [3.05, 3.63) is 107 Å². The lowest BCUT2D eigenvalue weighted by Crippen LogP contribution is -2.51. The van der Waals surface area contributed by atoms with E-state index in [1.165, 1.54) is 0 Å². The van der Waals surface area contributed by atoms with E-state index in [0.717, 1.165) is 126 Å². The molecule has 5 aromatic rings. The third-order valence-electron chi connectivity index (χ3n) is 12.7. The zero-order valence-corrected chi connectivity index (χ0v) is 43.1. The number of carbonyl (C=O) groups is 1. The molecule has 1 amide bonds. The van der Waals surface area contributed by atoms with Crippen LogP contribution in [0.1, 0.15) is 48.1 Å². The zero-order chi connectivity index (χ0) is 46.3. The molecule has 2 unspecified atom stereocenters. The first-order valence-corrected chi connectivity index (χ1v) is 25.9. The molecule has 0 radical (unpaired) electrons. The molecule has 350 valence electrons. The number of nitriles is 1. The van der Waals surface area contributed by atoms with Crippen molar-refractivity contribution < 1.29 is 23.7 Å². The van der Waals surface area contributed by atoms with Crippen molar-refractivity contribution in [2.45, 2.75) is 50.7 Å². The molecule has 0 spiro atoms. The minimum absolute atomic E-state index is 0.0829. The van der Waals surface area contributed by atoms with Crippen molar-refractivity contribution in [2.75, 3.05) is 94.0 Å². The van der Waals surface area contributed by atoms with Gasteiger partial charge in [0, 0.05) is 88.4 Å².